The van der Waals surface area contributed by atoms with Gasteiger partial charge < -0.3 is 25.4 Å². The number of anilines is 1. The first-order chi connectivity index (χ1) is 18.2. The zero-order valence-electron chi connectivity index (χ0n) is 22.9. The molecule has 1 aromatic heterocycles. The van der Waals surface area contributed by atoms with Gasteiger partial charge in [0.2, 0.25) is 0 Å². The molecule has 3 aliphatic rings. The molecule has 5 rings (SSSR count). The molecule has 3 heterocycles. The second-order valence-corrected chi connectivity index (χ2v) is 11.2. The van der Waals surface area contributed by atoms with Gasteiger partial charge in [-0.3, -0.25) is 14.4 Å². The number of aryl methyl sites for hydroxylation is 1. The number of H-pyrrole nitrogens is 1. The van der Waals surface area contributed by atoms with E-state index in [2.05, 4.69) is 34.5 Å². The minimum atomic E-state index is -0.216. The minimum Gasteiger partial charge on any atom is -0.358 e. The van der Waals surface area contributed by atoms with E-state index in [0.717, 1.165) is 42.9 Å². The molecule has 202 valence electrons. The first kappa shape index (κ1) is 26.2. The average molecular weight is 518 g/mol. The van der Waals surface area contributed by atoms with Gasteiger partial charge in [0.05, 0.1) is 11.1 Å². The zero-order chi connectivity index (χ0) is 27.0. The van der Waals surface area contributed by atoms with E-state index in [1.807, 2.05) is 18.7 Å². The van der Waals surface area contributed by atoms with E-state index in [1.54, 1.807) is 24.3 Å². The van der Waals surface area contributed by atoms with Crippen molar-refractivity contribution in [2.75, 3.05) is 38.5 Å². The first-order valence-corrected chi connectivity index (χ1v) is 13.9. The summed E-state index contributed by atoms with van der Waals surface area (Å²) in [6, 6.07) is 5.47. The monoisotopic (exact) mass is 517 g/mol. The summed E-state index contributed by atoms with van der Waals surface area (Å²) in [4.78, 5) is 46.8. The summed E-state index contributed by atoms with van der Waals surface area (Å²) >= 11 is 0. The molecule has 1 saturated carbocycles. The topological polar surface area (TPSA) is 97.5 Å². The van der Waals surface area contributed by atoms with Crippen LogP contribution in [0.15, 0.2) is 18.2 Å². The highest BCUT2D eigenvalue weighted by Gasteiger charge is 2.29. The Kier molecular flexibility index (Phi) is 7.43. The molecule has 1 aromatic carbocycles. The minimum absolute atomic E-state index is 0.0244. The maximum atomic E-state index is 13.3. The Balaban J connectivity index is 1.38. The molecular formula is C30H39N5O3. The van der Waals surface area contributed by atoms with Crippen molar-refractivity contribution in [2.45, 2.75) is 58.9 Å². The number of nitrogens with one attached hydrogen (secondary N) is 3. The first-order valence-electron chi connectivity index (χ1n) is 13.9. The van der Waals surface area contributed by atoms with Crippen LogP contribution in [0, 0.1) is 19.8 Å². The molecule has 1 atom stereocenters. The molecule has 2 fully saturated rings. The van der Waals surface area contributed by atoms with Gasteiger partial charge in [-0.1, -0.05) is 19.3 Å². The molecular weight excluding hydrogens is 478 g/mol. The van der Waals surface area contributed by atoms with Crippen LogP contribution in [-0.4, -0.2) is 71.8 Å². The third-order valence-electron chi connectivity index (χ3n) is 8.55. The molecule has 2 aromatic rings. The number of fused-ring (bicyclic) bond motifs is 1. The highest BCUT2D eigenvalue weighted by Crippen LogP contribution is 2.35. The maximum Gasteiger partial charge on any atom is 0.256 e. The molecule has 8 heteroatoms. The fourth-order valence-corrected chi connectivity index (χ4v) is 6.07. The lowest BCUT2D eigenvalue weighted by molar-refractivity contribution is -0.110. The van der Waals surface area contributed by atoms with Gasteiger partial charge in [0.15, 0.2) is 0 Å². The fourth-order valence-electron chi connectivity index (χ4n) is 6.07. The molecule has 0 spiro atoms. The molecule has 1 saturated heterocycles. The maximum absolute atomic E-state index is 13.3. The van der Waals surface area contributed by atoms with Gasteiger partial charge in [-0.2, -0.15) is 0 Å². The van der Waals surface area contributed by atoms with Gasteiger partial charge in [-0.15, -0.1) is 0 Å². The van der Waals surface area contributed by atoms with Crippen molar-refractivity contribution in [2.24, 2.45) is 5.92 Å². The van der Waals surface area contributed by atoms with Crippen LogP contribution in [0.5, 0.6) is 0 Å². The Morgan fingerprint density at radius 2 is 1.79 bits per heavy atom. The third-order valence-corrected chi connectivity index (χ3v) is 8.55. The molecule has 8 nitrogen and oxygen atoms in total. The predicted octanol–water partition coefficient (Wildman–Crippen LogP) is 4.21. The molecule has 1 aliphatic carbocycles. The summed E-state index contributed by atoms with van der Waals surface area (Å²) in [5.74, 6) is 0.210. The Bertz CT molecular complexity index is 1280. The van der Waals surface area contributed by atoms with Crippen LogP contribution in [0.2, 0.25) is 0 Å². The summed E-state index contributed by atoms with van der Waals surface area (Å²) < 4.78 is 0. The van der Waals surface area contributed by atoms with Gasteiger partial charge in [0, 0.05) is 60.4 Å². The number of likely N-dealkylation sites (N-methyl/N-ethyl adjacent to an activating group) is 1. The van der Waals surface area contributed by atoms with Crippen LogP contribution < -0.4 is 10.6 Å². The summed E-state index contributed by atoms with van der Waals surface area (Å²) in [6.07, 6.45) is 7.86. The average Bonchev–Trinajstić information content (AvgIpc) is 3.38. The lowest BCUT2D eigenvalue weighted by atomic mass is 9.84. The number of aromatic nitrogens is 1. The van der Waals surface area contributed by atoms with E-state index in [9.17, 15) is 14.4 Å². The SMILES string of the molecule is Cc1[nH]c(C=C2C(=O)Nc3ccc(C(=O)N[C@H](C)C4CCCCC4)cc32)c(C)c1C(=O)N1CCN(C)CC1. The second-order valence-electron chi connectivity index (χ2n) is 11.2. The highest BCUT2D eigenvalue weighted by atomic mass is 16.2. The summed E-state index contributed by atoms with van der Waals surface area (Å²) in [6.45, 7) is 9.04. The normalized spacial score (nSPS) is 20.4. The standard InChI is InChI=1S/C30H39N5O3/c1-18-26(31-20(3)27(18)30(38)35-14-12-34(4)13-15-35)17-24-23-16-22(10-11-25(23)33-29(24)37)28(36)32-19(2)21-8-6-5-7-9-21/h10-11,16-17,19,21,31H,5-9,12-15H2,1-4H3,(H,32,36)(H,33,37)/t19-/m1/s1. The fraction of sp³-hybridized carbons (Fsp3) is 0.500. The van der Waals surface area contributed by atoms with Gasteiger partial charge in [0.25, 0.3) is 17.7 Å². The quantitative estimate of drug-likeness (QED) is 0.518. The van der Waals surface area contributed by atoms with E-state index < -0.39 is 0 Å². The number of piperazine rings is 1. The van der Waals surface area contributed by atoms with Crippen molar-refractivity contribution < 1.29 is 14.4 Å². The Morgan fingerprint density at radius 1 is 1.08 bits per heavy atom. The lowest BCUT2D eigenvalue weighted by Crippen LogP contribution is -2.47. The molecule has 0 bridgehead atoms. The van der Waals surface area contributed by atoms with E-state index in [-0.39, 0.29) is 23.8 Å². The lowest BCUT2D eigenvalue weighted by Gasteiger charge is -2.32. The summed E-state index contributed by atoms with van der Waals surface area (Å²) in [7, 11) is 2.07. The number of carbonyl (C=O) groups is 3. The van der Waals surface area contributed by atoms with Crippen molar-refractivity contribution >= 4 is 35.1 Å². The summed E-state index contributed by atoms with van der Waals surface area (Å²) in [5, 5.41) is 6.10. The molecule has 0 radical (unpaired) electrons. The van der Waals surface area contributed by atoms with Crippen LogP contribution in [0.4, 0.5) is 5.69 Å². The molecule has 3 amide bonds. The van der Waals surface area contributed by atoms with Gasteiger partial charge in [-0.25, -0.2) is 0 Å². The molecule has 2 aliphatic heterocycles. The number of hydrogen-bond donors (Lipinski definition) is 3. The number of hydrogen-bond acceptors (Lipinski definition) is 4. The highest BCUT2D eigenvalue weighted by molar-refractivity contribution is 6.35. The van der Waals surface area contributed by atoms with E-state index >= 15 is 0 Å². The van der Waals surface area contributed by atoms with Crippen molar-refractivity contribution in [3.05, 3.63) is 51.8 Å². The van der Waals surface area contributed by atoms with Crippen molar-refractivity contribution in [1.29, 1.82) is 0 Å². The number of aromatic amines is 1. The zero-order valence-corrected chi connectivity index (χ0v) is 22.9. The number of rotatable bonds is 5. The van der Waals surface area contributed by atoms with Crippen molar-refractivity contribution in [1.82, 2.24) is 20.1 Å². The van der Waals surface area contributed by atoms with E-state index in [0.29, 0.717) is 47.0 Å². The van der Waals surface area contributed by atoms with Crippen LogP contribution in [0.1, 0.15) is 82.3 Å². The van der Waals surface area contributed by atoms with E-state index in [1.165, 1.54) is 19.3 Å². The Labute approximate surface area is 224 Å². The van der Waals surface area contributed by atoms with E-state index in [4.69, 9.17) is 0 Å². The van der Waals surface area contributed by atoms with Crippen LogP contribution in [0.25, 0.3) is 11.6 Å². The van der Waals surface area contributed by atoms with Crippen LogP contribution >= 0.6 is 0 Å². The Hall–Kier alpha value is -3.39. The second kappa shape index (κ2) is 10.8. The molecule has 38 heavy (non-hydrogen) atoms. The molecule has 0 unspecified atom stereocenters. The van der Waals surface area contributed by atoms with Crippen molar-refractivity contribution in [3.8, 4) is 0 Å². The van der Waals surface area contributed by atoms with Gasteiger partial charge >= 0.3 is 0 Å². The van der Waals surface area contributed by atoms with Crippen LogP contribution in [-0.2, 0) is 4.79 Å². The van der Waals surface area contributed by atoms with Crippen molar-refractivity contribution in [3.63, 3.8) is 0 Å². The number of benzene rings is 1. The Morgan fingerprint density at radius 3 is 2.50 bits per heavy atom. The predicted molar refractivity (Wildman–Crippen MR) is 150 cm³/mol. The number of amides is 3. The van der Waals surface area contributed by atoms with Crippen LogP contribution in [0.3, 0.4) is 0 Å². The van der Waals surface area contributed by atoms with Gasteiger partial charge in [-0.05, 0) is 76.4 Å². The number of carbonyl (C=O) groups excluding carboxylic acids is 3. The van der Waals surface area contributed by atoms with Gasteiger partial charge in [0.1, 0.15) is 0 Å². The largest absolute Gasteiger partial charge is 0.358 e. The molecule has 3 N–H and O–H groups in total. The summed E-state index contributed by atoms with van der Waals surface area (Å²) in [5.41, 5.74) is 5.44. The smallest absolute Gasteiger partial charge is 0.256 e. The number of nitrogens with zero attached hydrogens (tertiary/aromatic N) is 2. The third kappa shape index (κ3) is 5.14.